The van der Waals surface area contributed by atoms with E-state index in [9.17, 15) is 10.2 Å². The van der Waals surface area contributed by atoms with Crippen LogP contribution < -0.4 is 20.7 Å². The van der Waals surface area contributed by atoms with E-state index in [0.717, 1.165) is 0 Å². The van der Waals surface area contributed by atoms with Gasteiger partial charge in [0.1, 0.15) is 5.75 Å². The molecule has 0 aliphatic heterocycles. The molecule has 27 heavy (non-hydrogen) atoms. The molecule has 1 radical (unpaired) electrons. The fourth-order valence-corrected chi connectivity index (χ4v) is 1.58. The Kier molecular flexibility index (Phi) is 18.5. The number of para-hydroxylation sites is 1. The first-order valence-corrected chi connectivity index (χ1v) is 7.21. The quantitative estimate of drug-likeness (QED) is 0.358. The van der Waals surface area contributed by atoms with Crippen molar-refractivity contribution in [3.05, 3.63) is 59.7 Å². The van der Waals surface area contributed by atoms with Crippen molar-refractivity contribution in [1.29, 1.82) is 0 Å². The van der Waals surface area contributed by atoms with E-state index in [1.807, 2.05) is 0 Å². The van der Waals surface area contributed by atoms with Gasteiger partial charge in [0.05, 0.1) is 26.5 Å². The van der Waals surface area contributed by atoms with Crippen molar-refractivity contribution >= 4 is 12.1 Å². The van der Waals surface area contributed by atoms with Gasteiger partial charge in [-0.05, 0) is 17.2 Å². The second-order valence-corrected chi connectivity index (χ2v) is 4.47. The van der Waals surface area contributed by atoms with Crippen LogP contribution in [0.2, 0.25) is 0 Å². The summed E-state index contributed by atoms with van der Waals surface area (Å²) in [7, 11) is 1.42. The molecular weight excluding hydrogens is 393 g/mol. The number of aliphatic hydroxyl groups is 1. The second kappa shape index (κ2) is 17.0. The van der Waals surface area contributed by atoms with Crippen LogP contribution in [0.5, 0.6) is 11.5 Å². The molecule has 2 rings (SSSR count). The molecule has 0 fully saturated rings. The van der Waals surface area contributed by atoms with Gasteiger partial charge in [0.2, 0.25) is 0 Å². The third-order valence-corrected chi connectivity index (χ3v) is 2.75. The zero-order valence-electron chi connectivity index (χ0n) is 14.6. The normalized spacial score (nSPS) is 9.81. The van der Waals surface area contributed by atoms with Crippen LogP contribution in [0.4, 0.5) is 0 Å². The standard InChI is InChI=1S/C15H14N2O3.C2H7NO.2O.V/c1-20-13-9-5-8-12(14(13)18)10-16-17-15(19)11-6-3-2-4-7-11;3-1-2-4;;;/h2-10,18H,1H3,(H,17,19);4H,1-3H2;;;/q;;2*-2;/p-1/b16-10+;;;;. The topological polar surface area (TPSA) is 185 Å². The molecule has 0 saturated heterocycles. The Balaban J connectivity index is -0.000000751. The monoisotopic (exact) mass is 413 g/mol. The van der Waals surface area contributed by atoms with Gasteiger partial charge < -0.3 is 36.7 Å². The zero-order chi connectivity index (χ0) is 17.8. The summed E-state index contributed by atoms with van der Waals surface area (Å²) in [5.74, 6) is -0.526. The van der Waals surface area contributed by atoms with Crippen LogP contribution in [0.15, 0.2) is 58.7 Å². The van der Waals surface area contributed by atoms with Crippen molar-refractivity contribution in [3.8, 4) is 11.5 Å². The number of aliphatic hydroxyl groups excluding tert-OH is 1. The molecular formula is C17H20N3O6V-5. The summed E-state index contributed by atoms with van der Waals surface area (Å²) in [5.41, 5.74) is 4.11. The number of rotatable bonds is 5. The summed E-state index contributed by atoms with van der Waals surface area (Å²) in [5, 5.41) is 38.5. The molecule has 0 saturated carbocycles. The fourth-order valence-electron chi connectivity index (χ4n) is 1.58. The number of nitrogens with zero attached hydrogens (tertiary/aromatic N) is 2. The van der Waals surface area contributed by atoms with Crippen LogP contribution in [0.3, 0.4) is 0 Å². The summed E-state index contributed by atoms with van der Waals surface area (Å²) in [6.45, 7) is 0.833. The van der Waals surface area contributed by atoms with E-state index in [1.165, 1.54) is 13.3 Å². The summed E-state index contributed by atoms with van der Waals surface area (Å²) in [4.78, 5) is 0. The Bertz CT molecular complexity index is 682. The molecule has 0 aliphatic carbocycles. The zero-order valence-corrected chi connectivity index (χ0v) is 16.0. The van der Waals surface area contributed by atoms with Crippen molar-refractivity contribution in [3.63, 3.8) is 0 Å². The van der Waals surface area contributed by atoms with E-state index in [1.54, 1.807) is 48.5 Å². The first kappa shape index (κ1) is 29.4. The molecule has 0 spiro atoms. The second-order valence-electron chi connectivity index (χ2n) is 4.47. The molecule has 2 aromatic carbocycles. The van der Waals surface area contributed by atoms with Crippen LogP contribution in [0.1, 0.15) is 11.1 Å². The Morgan fingerprint density at radius 1 is 1.15 bits per heavy atom. The Labute approximate surface area is 169 Å². The number of benzene rings is 2. The number of ether oxygens (including phenoxy) is 1. The minimum absolute atomic E-state index is 0. The van der Waals surface area contributed by atoms with Crippen molar-refractivity contribution in [2.45, 2.75) is 0 Å². The van der Waals surface area contributed by atoms with Crippen LogP contribution in [0.25, 0.3) is 0 Å². The minimum Gasteiger partial charge on any atom is -2.00 e. The summed E-state index contributed by atoms with van der Waals surface area (Å²) in [6, 6.07) is 13.4. The molecule has 0 amide bonds. The predicted molar refractivity (Wildman–Crippen MR) is 89.2 cm³/mol. The molecule has 0 aromatic heterocycles. The van der Waals surface area contributed by atoms with Crippen molar-refractivity contribution in [2.24, 2.45) is 10.2 Å². The van der Waals surface area contributed by atoms with E-state index < -0.39 is 5.90 Å². The molecule has 4 N–H and O–H groups in total. The van der Waals surface area contributed by atoms with Gasteiger partial charge in [-0.15, -0.1) is 0 Å². The maximum atomic E-state index is 11.8. The van der Waals surface area contributed by atoms with E-state index in [4.69, 9.17) is 9.84 Å². The Hall–Kier alpha value is -2.40. The first-order valence-electron chi connectivity index (χ1n) is 7.21. The molecule has 0 unspecified atom stereocenters. The van der Waals surface area contributed by atoms with Crippen molar-refractivity contribution in [1.82, 2.24) is 0 Å². The maximum Gasteiger partial charge on any atom is 0.111 e. The smallest absolute Gasteiger partial charge is 0.111 e. The summed E-state index contributed by atoms with van der Waals surface area (Å²) >= 11 is 0. The largest absolute Gasteiger partial charge is 2.00 e. The van der Waals surface area contributed by atoms with Gasteiger partial charge in [-0.1, -0.05) is 48.2 Å². The molecule has 2 aromatic rings. The van der Waals surface area contributed by atoms with Crippen LogP contribution in [0, 0.1) is 0 Å². The molecule has 9 nitrogen and oxygen atoms in total. The number of hydrogen-bond acceptors (Lipinski definition) is 6. The van der Waals surface area contributed by atoms with Crippen LogP contribution in [-0.2, 0) is 29.5 Å². The van der Waals surface area contributed by atoms with E-state index in [0.29, 0.717) is 17.7 Å². The number of quaternary nitrogens is 1. The van der Waals surface area contributed by atoms with Gasteiger partial charge in [0.25, 0.3) is 0 Å². The molecule has 0 aliphatic rings. The molecule has 0 atom stereocenters. The summed E-state index contributed by atoms with van der Waals surface area (Å²) in [6.07, 6.45) is 1.24. The fraction of sp³-hybridized carbons (Fsp3) is 0.176. The first-order chi connectivity index (χ1) is 11.6. The third kappa shape index (κ3) is 10.4. The third-order valence-electron chi connectivity index (χ3n) is 2.75. The molecule has 149 valence electrons. The molecule has 0 heterocycles. The van der Waals surface area contributed by atoms with Gasteiger partial charge in [0.15, 0.2) is 0 Å². The Morgan fingerprint density at radius 2 is 1.74 bits per heavy atom. The average molecular weight is 413 g/mol. The van der Waals surface area contributed by atoms with Gasteiger partial charge in [-0.2, -0.15) is 10.2 Å². The van der Waals surface area contributed by atoms with Gasteiger partial charge in [-0.3, -0.25) is 0 Å². The maximum absolute atomic E-state index is 11.8. The van der Waals surface area contributed by atoms with Gasteiger partial charge in [0, 0.05) is 24.5 Å². The van der Waals surface area contributed by atoms with Gasteiger partial charge in [-0.25, -0.2) is 0 Å². The number of hydrogen-bond donors (Lipinski definition) is 2. The molecule has 0 bridgehead atoms. The van der Waals surface area contributed by atoms with Crippen LogP contribution >= 0.6 is 0 Å². The van der Waals surface area contributed by atoms with Crippen molar-refractivity contribution in [2.75, 3.05) is 20.3 Å². The van der Waals surface area contributed by atoms with Crippen LogP contribution in [-0.4, -0.2) is 37.5 Å². The Morgan fingerprint density at radius 3 is 2.26 bits per heavy atom. The minimum atomic E-state index is -0.461. The SMILES string of the molecule is COc1cccc(/C=N/N=C(\[O-])c2ccccc2)c1[O-].[NH3+]CCO.[O-2].[O-2].[V]. The van der Waals surface area contributed by atoms with E-state index >= 15 is 0 Å². The van der Waals surface area contributed by atoms with E-state index in [-0.39, 0.29) is 47.6 Å². The number of methoxy groups -OCH3 is 1. The van der Waals surface area contributed by atoms with E-state index in [2.05, 4.69) is 15.9 Å². The average Bonchev–Trinajstić information content (AvgIpc) is 2.64. The predicted octanol–water partition coefficient (Wildman–Crippen LogP) is -1.11. The molecule has 10 heteroatoms. The van der Waals surface area contributed by atoms with Gasteiger partial charge >= 0.3 is 0 Å². The summed E-state index contributed by atoms with van der Waals surface area (Å²) < 4.78 is 4.91. The van der Waals surface area contributed by atoms with Crippen molar-refractivity contribution < 1.29 is 55.3 Å².